The first-order chi connectivity index (χ1) is 8.16. The third-order valence-corrected chi connectivity index (χ3v) is 2.85. The molecule has 0 aliphatic carbocycles. The Labute approximate surface area is 100 Å². The van der Waals surface area contributed by atoms with Gasteiger partial charge in [-0.3, -0.25) is 4.68 Å². The molecular formula is C13H16FN3. The summed E-state index contributed by atoms with van der Waals surface area (Å²) in [6.45, 7) is 3.41. The maximum absolute atomic E-state index is 12.9. The van der Waals surface area contributed by atoms with Crippen LogP contribution in [0.1, 0.15) is 16.8 Å². The van der Waals surface area contributed by atoms with Gasteiger partial charge in [0.05, 0.1) is 5.69 Å². The first kappa shape index (κ1) is 11.8. The van der Waals surface area contributed by atoms with Crippen molar-refractivity contribution in [3.8, 4) is 0 Å². The second-order valence-electron chi connectivity index (χ2n) is 4.12. The van der Waals surface area contributed by atoms with E-state index in [0.717, 1.165) is 29.9 Å². The first-order valence-corrected chi connectivity index (χ1v) is 5.59. The quantitative estimate of drug-likeness (QED) is 0.877. The number of nitrogens with one attached hydrogen (secondary N) is 1. The van der Waals surface area contributed by atoms with Crippen LogP contribution in [-0.4, -0.2) is 9.78 Å². The third kappa shape index (κ3) is 2.91. The molecule has 1 aromatic carbocycles. The fourth-order valence-electron chi connectivity index (χ4n) is 1.76. The van der Waals surface area contributed by atoms with Gasteiger partial charge in [-0.05, 0) is 36.2 Å². The lowest BCUT2D eigenvalue weighted by molar-refractivity contribution is 0.614. The van der Waals surface area contributed by atoms with E-state index in [4.69, 9.17) is 0 Å². The molecule has 0 aliphatic heterocycles. The van der Waals surface area contributed by atoms with Gasteiger partial charge in [-0.2, -0.15) is 5.10 Å². The molecule has 0 saturated carbocycles. The number of aromatic nitrogens is 2. The highest BCUT2D eigenvalue weighted by atomic mass is 19.1. The maximum Gasteiger partial charge on any atom is 0.123 e. The van der Waals surface area contributed by atoms with Crippen molar-refractivity contribution in [1.29, 1.82) is 0 Å². The number of benzene rings is 1. The van der Waals surface area contributed by atoms with Gasteiger partial charge in [0, 0.05) is 26.3 Å². The lowest BCUT2D eigenvalue weighted by atomic mass is 10.1. The van der Waals surface area contributed by atoms with Crippen LogP contribution in [0.25, 0.3) is 0 Å². The van der Waals surface area contributed by atoms with Crippen molar-refractivity contribution in [3.05, 3.63) is 53.1 Å². The summed E-state index contributed by atoms with van der Waals surface area (Å²) in [5.41, 5.74) is 3.22. The molecular weight excluding hydrogens is 217 g/mol. The molecule has 0 bridgehead atoms. The Hall–Kier alpha value is -1.68. The van der Waals surface area contributed by atoms with Crippen molar-refractivity contribution in [3.63, 3.8) is 0 Å². The maximum atomic E-state index is 12.9. The second-order valence-corrected chi connectivity index (χ2v) is 4.12. The summed E-state index contributed by atoms with van der Waals surface area (Å²) in [7, 11) is 1.92. The monoisotopic (exact) mass is 233 g/mol. The Morgan fingerprint density at radius 3 is 2.76 bits per heavy atom. The SMILES string of the molecule is Cc1cc(F)ccc1CNCc1ccnn1C. The molecule has 90 valence electrons. The van der Waals surface area contributed by atoms with Gasteiger partial charge >= 0.3 is 0 Å². The average molecular weight is 233 g/mol. The third-order valence-electron chi connectivity index (χ3n) is 2.85. The van der Waals surface area contributed by atoms with Crippen LogP contribution in [-0.2, 0) is 20.1 Å². The van der Waals surface area contributed by atoms with Crippen LogP contribution < -0.4 is 5.32 Å². The number of halogens is 1. The number of hydrogen-bond donors (Lipinski definition) is 1. The molecule has 0 saturated heterocycles. The predicted octanol–water partition coefficient (Wildman–Crippen LogP) is 2.16. The van der Waals surface area contributed by atoms with Gasteiger partial charge in [-0.15, -0.1) is 0 Å². The summed E-state index contributed by atoms with van der Waals surface area (Å²) in [6.07, 6.45) is 1.78. The first-order valence-electron chi connectivity index (χ1n) is 5.59. The molecule has 0 amide bonds. The molecule has 0 aliphatic rings. The number of aryl methyl sites for hydroxylation is 2. The largest absolute Gasteiger partial charge is 0.307 e. The summed E-state index contributed by atoms with van der Waals surface area (Å²) in [6, 6.07) is 6.85. The molecule has 0 unspecified atom stereocenters. The van der Waals surface area contributed by atoms with Crippen molar-refractivity contribution in [1.82, 2.24) is 15.1 Å². The Morgan fingerprint density at radius 1 is 1.29 bits per heavy atom. The molecule has 4 heteroatoms. The summed E-state index contributed by atoms with van der Waals surface area (Å²) in [4.78, 5) is 0. The van der Waals surface area contributed by atoms with Crippen LogP contribution in [0.3, 0.4) is 0 Å². The topological polar surface area (TPSA) is 29.9 Å². The minimum absolute atomic E-state index is 0.183. The van der Waals surface area contributed by atoms with E-state index in [1.165, 1.54) is 6.07 Å². The highest BCUT2D eigenvalue weighted by molar-refractivity contribution is 5.26. The lowest BCUT2D eigenvalue weighted by Crippen LogP contribution is -2.15. The molecule has 2 aromatic rings. The molecule has 1 heterocycles. The minimum Gasteiger partial charge on any atom is -0.307 e. The van der Waals surface area contributed by atoms with Gasteiger partial charge < -0.3 is 5.32 Å². The molecule has 3 nitrogen and oxygen atoms in total. The van der Waals surface area contributed by atoms with Gasteiger partial charge in [-0.25, -0.2) is 4.39 Å². The Morgan fingerprint density at radius 2 is 2.12 bits per heavy atom. The Balaban J connectivity index is 1.92. The van der Waals surface area contributed by atoms with Crippen LogP contribution in [0.2, 0.25) is 0 Å². The standard InChI is InChI=1S/C13H16FN3/c1-10-7-12(14)4-3-11(10)8-15-9-13-5-6-16-17(13)2/h3-7,15H,8-9H2,1-2H3. The summed E-state index contributed by atoms with van der Waals surface area (Å²) >= 11 is 0. The van der Waals surface area contributed by atoms with Crippen molar-refractivity contribution in [2.24, 2.45) is 7.05 Å². The van der Waals surface area contributed by atoms with Crippen molar-refractivity contribution in [2.45, 2.75) is 20.0 Å². The van der Waals surface area contributed by atoms with Crippen LogP contribution in [0, 0.1) is 12.7 Å². The highest BCUT2D eigenvalue weighted by Crippen LogP contribution is 2.09. The van der Waals surface area contributed by atoms with E-state index in [9.17, 15) is 4.39 Å². The van der Waals surface area contributed by atoms with Gasteiger partial charge in [0.2, 0.25) is 0 Å². The molecule has 2 rings (SSSR count). The zero-order valence-corrected chi connectivity index (χ0v) is 10.1. The fraction of sp³-hybridized carbons (Fsp3) is 0.308. The van der Waals surface area contributed by atoms with E-state index in [2.05, 4.69) is 10.4 Å². The number of nitrogens with zero attached hydrogens (tertiary/aromatic N) is 2. The smallest absolute Gasteiger partial charge is 0.123 e. The van der Waals surface area contributed by atoms with Gasteiger partial charge in [0.1, 0.15) is 5.82 Å². The van der Waals surface area contributed by atoms with E-state index in [0.29, 0.717) is 0 Å². The minimum atomic E-state index is -0.183. The van der Waals surface area contributed by atoms with Gasteiger partial charge in [-0.1, -0.05) is 6.07 Å². The molecule has 17 heavy (non-hydrogen) atoms. The summed E-state index contributed by atoms with van der Waals surface area (Å²) in [5.74, 6) is -0.183. The fourth-order valence-corrected chi connectivity index (χ4v) is 1.76. The van der Waals surface area contributed by atoms with Crippen molar-refractivity contribution >= 4 is 0 Å². The van der Waals surface area contributed by atoms with E-state index in [1.54, 1.807) is 12.3 Å². The van der Waals surface area contributed by atoms with Crippen molar-refractivity contribution < 1.29 is 4.39 Å². The molecule has 0 fully saturated rings. The van der Waals surface area contributed by atoms with Gasteiger partial charge in [0.25, 0.3) is 0 Å². The zero-order chi connectivity index (χ0) is 12.3. The van der Waals surface area contributed by atoms with Crippen LogP contribution in [0.15, 0.2) is 30.5 Å². The van der Waals surface area contributed by atoms with E-state index < -0.39 is 0 Å². The highest BCUT2D eigenvalue weighted by Gasteiger charge is 2.01. The summed E-state index contributed by atoms with van der Waals surface area (Å²) < 4.78 is 14.8. The van der Waals surface area contributed by atoms with Crippen LogP contribution in [0.5, 0.6) is 0 Å². The molecule has 1 N–H and O–H groups in total. The van der Waals surface area contributed by atoms with E-state index in [1.807, 2.05) is 30.8 Å². The Kier molecular flexibility index (Phi) is 3.54. The summed E-state index contributed by atoms with van der Waals surface area (Å²) in [5, 5.41) is 7.42. The lowest BCUT2D eigenvalue weighted by Gasteiger charge is -2.08. The second kappa shape index (κ2) is 5.10. The van der Waals surface area contributed by atoms with Crippen LogP contribution in [0.4, 0.5) is 4.39 Å². The Bertz CT molecular complexity index is 505. The molecule has 0 atom stereocenters. The normalized spacial score (nSPS) is 10.8. The average Bonchev–Trinajstić information content (AvgIpc) is 2.68. The van der Waals surface area contributed by atoms with E-state index >= 15 is 0 Å². The predicted molar refractivity (Wildman–Crippen MR) is 64.9 cm³/mol. The number of rotatable bonds is 4. The molecule has 0 spiro atoms. The van der Waals surface area contributed by atoms with Crippen LogP contribution >= 0.6 is 0 Å². The zero-order valence-electron chi connectivity index (χ0n) is 10.1. The molecule has 1 aromatic heterocycles. The van der Waals surface area contributed by atoms with Crippen molar-refractivity contribution in [2.75, 3.05) is 0 Å². The molecule has 0 radical (unpaired) electrons. The number of hydrogen-bond acceptors (Lipinski definition) is 2. The van der Waals surface area contributed by atoms with E-state index in [-0.39, 0.29) is 5.82 Å². The van der Waals surface area contributed by atoms with Gasteiger partial charge in [0.15, 0.2) is 0 Å².